The topological polar surface area (TPSA) is 91.8 Å². The number of rotatable bonds is 3. The molecular weight excluding hydrogens is 478 g/mol. The normalized spacial score (nSPS) is 21.6. The molecule has 0 radical (unpaired) electrons. The van der Waals surface area contributed by atoms with Gasteiger partial charge < -0.3 is 10.0 Å². The van der Waals surface area contributed by atoms with Crippen molar-refractivity contribution in [3.8, 4) is 22.3 Å². The molecule has 0 aromatic carbocycles. The minimum absolute atomic E-state index is 0.0154. The zero-order valence-corrected chi connectivity index (χ0v) is 21.4. The Kier molecular flexibility index (Phi) is 4.89. The standard InChI is InChI=1S/C26H28ClN7O2/c1-25(2,3)26-8-19(34(26)24(35)36)14-32(15-26)22-6-5-16(9-28-22)20-7-17(18-10-29-31(4)12-18)13-33-23(20)21(27)11-30-33/h5-7,9-13,19H,8,14-15H2,1-4H3,(H,35,36). The van der Waals surface area contributed by atoms with Crippen LogP contribution in [-0.2, 0) is 7.05 Å². The number of piperazine rings is 1. The first-order chi connectivity index (χ1) is 17.1. The van der Waals surface area contributed by atoms with Gasteiger partial charge in [-0.25, -0.2) is 14.3 Å². The van der Waals surface area contributed by atoms with Gasteiger partial charge in [-0.2, -0.15) is 10.2 Å². The second kappa shape index (κ2) is 7.70. The summed E-state index contributed by atoms with van der Waals surface area (Å²) in [6.07, 6.45) is 9.30. The second-order valence-electron chi connectivity index (χ2n) is 10.9. The number of amides is 1. The SMILES string of the molecule is Cn1cc(-c2cc(-c3ccc(N4CC5CC(C(C)(C)C)(C4)N5C(=O)O)nc3)c3c(Cl)cnn3c2)cn1. The minimum atomic E-state index is -0.834. The Morgan fingerprint density at radius 3 is 2.56 bits per heavy atom. The monoisotopic (exact) mass is 505 g/mol. The van der Waals surface area contributed by atoms with Crippen LogP contribution in [0.15, 0.2) is 49.2 Å². The molecule has 3 aliphatic heterocycles. The van der Waals surface area contributed by atoms with E-state index < -0.39 is 11.6 Å². The van der Waals surface area contributed by atoms with Gasteiger partial charge in [0.15, 0.2) is 0 Å². The zero-order chi connectivity index (χ0) is 25.4. The lowest BCUT2D eigenvalue weighted by Gasteiger charge is -2.68. The third-order valence-electron chi connectivity index (χ3n) is 7.87. The molecule has 36 heavy (non-hydrogen) atoms. The maximum atomic E-state index is 12.0. The molecule has 0 aliphatic carbocycles. The van der Waals surface area contributed by atoms with E-state index in [0.717, 1.165) is 40.0 Å². The molecule has 7 heterocycles. The van der Waals surface area contributed by atoms with Crippen molar-refractivity contribution in [2.75, 3.05) is 18.0 Å². The van der Waals surface area contributed by atoms with Gasteiger partial charge in [-0.15, -0.1) is 0 Å². The summed E-state index contributed by atoms with van der Waals surface area (Å²) < 4.78 is 3.56. The van der Waals surface area contributed by atoms with E-state index in [4.69, 9.17) is 16.6 Å². The van der Waals surface area contributed by atoms with Crippen LogP contribution in [0.3, 0.4) is 0 Å². The molecule has 2 atom stereocenters. The molecule has 4 aromatic rings. The van der Waals surface area contributed by atoms with Crippen molar-refractivity contribution in [3.05, 3.63) is 54.2 Å². The van der Waals surface area contributed by atoms with Gasteiger partial charge in [0.1, 0.15) is 5.82 Å². The van der Waals surface area contributed by atoms with Crippen LogP contribution in [0.1, 0.15) is 27.2 Å². The number of halogens is 1. The third kappa shape index (κ3) is 3.29. The number of pyridine rings is 2. The quantitative estimate of drug-likeness (QED) is 0.429. The van der Waals surface area contributed by atoms with Gasteiger partial charge >= 0.3 is 6.09 Å². The molecule has 1 amide bonds. The number of carbonyl (C=O) groups is 1. The van der Waals surface area contributed by atoms with Crippen molar-refractivity contribution in [2.45, 2.75) is 38.8 Å². The van der Waals surface area contributed by atoms with Crippen molar-refractivity contribution in [2.24, 2.45) is 12.5 Å². The van der Waals surface area contributed by atoms with E-state index in [9.17, 15) is 9.90 Å². The van der Waals surface area contributed by atoms with Gasteiger partial charge in [-0.1, -0.05) is 32.4 Å². The Morgan fingerprint density at radius 2 is 1.92 bits per heavy atom. The highest BCUT2D eigenvalue weighted by Gasteiger charge is 2.64. The number of piperidine rings is 1. The van der Waals surface area contributed by atoms with Gasteiger partial charge in [0.05, 0.1) is 34.5 Å². The van der Waals surface area contributed by atoms with Crippen LogP contribution in [0.4, 0.5) is 10.6 Å². The lowest BCUT2D eigenvalue weighted by Crippen LogP contribution is -2.82. The smallest absolute Gasteiger partial charge is 0.408 e. The van der Waals surface area contributed by atoms with Crippen LogP contribution in [0.2, 0.25) is 5.02 Å². The second-order valence-corrected chi connectivity index (χ2v) is 11.3. The molecule has 0 spiro atoms. The predicted octanol–water partition coefficient (Wildman–Crippen LogP) is 4.81. The molecule has 3 saturated heterocycles. The number of aryl methyl sites for hydroxylation is 1. The Labute approximate surface area is 213 Å². The maximum Gasteiger partial charge on any atom is 0.408 e. The number of fused-ring (bicyclic) bond motifs is 3. The van der Waals surface area contributed by atoms with E-state index in [0.29, 0.717) is 18.1 Å². The molecular formula is C26H28ClN7O2. The summed E-state index contributed by atoms with van der Waals surface area (Å²) >= 11 is 6.52. The minimum Gasteiger partial charge on any atom is -0.465 e. The Bertz CT molecular complexity index is 1490. The number of aromatic nitrogens is 5. The molecule has 3 aliphatic rings. The summed E-state index contributed by atoms with van der Waals surface area (Å²) in [5.41, 5.74) is 4.04. The Morgan fingerprint density at radius 1 is 1.11 bits per heavy atom. The number of hydrogen-bond donors (Lipinski definition) is 1. The molecule has 1 N–H and O–H groups in total. The zero-order valence-electron chi connectivity index (χ0n) is 20.7. The number of carboxylic acid groups (broad SMARTS) is 1. The van der Waals surface area contributed by atoms with E-state index in [-0.39, 0.29) is 11.5 Å². The van der Waals surface area contributed by atoms with E-state index >= 15 is 0 Å². The van der Waals surface area contributed by atoms with E-state index in [2.05, 4.69) is 41.9 Å². The highest BCUT2D eigenvalue weighted by molar-refractivity contribution is 6.34. The molecule has 4 aromatic heterocycles. The molecule has 7 rings (SSSR count). The number of anilines is 1. The molecule has 186 valence electrons. The lowest BCUT2D eigenvalue weighted by atomic mass is 9.60. The summed E-state index contributed by atoms with van der Waals surface area (Å²) in [5, 5.41) is 19.2. The van der Waals surface area contributed by atoms with E-state index in [1.165, 1.54) is 0 Å². The lowest BCUT2D eigenvalue weighted by molar-refractivity contribution is -0.124. The first kappa shape index (κ1) is 22.8. The Hall–Kier alpha value is -3.59. The summed E-state index contributed by atoms with van der Waals surface area (Å²) in [5.74, 6) is 0.848. The van der Waals surface area contributed by atoms with Crippen molar-refractivity contribution in [1.82, 2.24) is 29.3 Å². The third-order valence-corrected chi connectivity index (χ3v) is 8.15. The average molecular weight is 506 g/mol. The van der Waals surface area contributed by atoms with Gasteiger partial charge in [-0.05, 0) is 30.0 Å². The fourth-order valence-corrected chi connectivity index (χ4v) is 6.15. The largest absolute Gasteiger partial charge is 0.465 e. The van der Waals surface area contributed by atoms with Gasteiger partial charge in [-0.3, -0.25) is 9.58 Å². The van der Waals surface area contributed by atoms with Crippen LogP contribution in [-0.4, -0.2) is 65.1 Å². The van der Waals surface area contributed by atoms with Crippen LogP contribution in [0.5, 0.6) is 0 Å². The fraction of sp³-hybridized carbons (Fsp3) is 0.385. The van der Waals surface area contributed by atoms with Gasteiger partial charge in [0.25, 0.3) is 0 Å². The van der Waals surface area contributed by atoms with Crippen molar-refractivity contribution in [1.29, 1.82) is 0 Å². The molecule has 0 saturated carbocycles. The summed E-state index contributed by atoms with van der Waals surface area (Å²) in [6, 6.07) is 6.14. The van der Waals surface area contributed by atoms with Gasteiger partial charge in [0.2, 0.25) is 0 Å². The van der Waals surface area contributed by atoms with Crippen molar-refractivity contribution >= 4 is 29.0 Å². The van der Waals surface area contributed by atoms with Gasteiger partial charge in [0, 0.05) is 61.0 Å². The van der Waals surface area contributed by atoms with Crippen LogP contribution < -0.4 is 4.90 Å². The molecule has 9 nitrogen and oxygen atoms in total. The first-order valence-electron chi connectivity index (χ1n) is 12.0. The van der Waals surface area contributed by atoms with Crippen LogP contribution >= 0.6 is 11.6 Å². The highest BCUT2D eigenvalue weighted by atomic mass is 35.5. The average Bonchev–Trinajstić information content (AvgIpc) is 3.43. The Balaban J connectivity index is 1.35. The molecule has 10 heteroatoms. The molecule has 2 unspecified atom stereocenters. The number of nitrogens with zero attached hydrogens (tertiary/aromatic N) is 7. The summed E-state index contributed by atoms with van der Waals surface area (Å²) in [4.78, 5) is 20.7. The highest BCUT2D eigenvalue weighted by Crippen LogP contribution is 2.52. The van der Waals surface area contributed by atoms with E-state index in [1.54, 1.807) is 20.3 Å². The first-order valence-corrected chi connectivity index (χ1v) is 12.3. The molecule has 2 bridgehead atoms. The van der Waals surface area contributed by atoms with Crippen molar-refractivity contribution in [3.63, 3.8) is 0 Å². The van der Waals surface area contributed by atoms with Crippen molar-refractivity contribution < 1.29 is 9.90 Å². The maximum absolute atomic E-state index is 12.0. The number of hydrogen-bond acceptors (Lipinski definition) is 5. The predicted molar refractivity (Wildman–Crippen MR) is 138 cm³/mol. The van der Waals surface area contributed by atoms with Crippen LogP contribution in [0, 0.1) is 5.41 Å². The summed E-state index contributed by atoms with van der Waals surface area (Å²) in [7, 11) is 1.89. The van der Waals surface area contributed by atoms with E-state index in [1.807, 2.05) is 44.0 Å². The van der Waals surface area contributed by atoms with Crippen LogP contribution in [0.25, 0.3) is 27.8 Å². The molecule has 3 fully saturated rings. The summed E-state index contributed by atoms with van der Waals surface area (Å²) in [6.45, 7) is 7.63. The fourth-order valence-electron chi connectivity index (χ4n) is 5.92.